The molecule has 0 saturated heterocycles. The second-order valence-electron chi connectivity index (χ2n) is 2.30. The summed E-state index contributed by atoms with van der Waals surface area (Å²) in [5.74, 6) is 1.39. The Morgan fingerprint density at radius 1 is 1.08 bits per heavy atom. The van der Waals surface area contributed by atoms with Gasteiger partial charge in [-0.3, -0.25) is 0 Å². The topological polar surface area (TPSA) is 9.23 Å². The highest BCUT2D eigenvalue weighted by Crippen LogP contribution is 2.22. The molecule has 1 heterocycles. The van der Waals surface area contributed by atoms with E-state index in [1.165, 1.54) is 11.3 Å². The van der Waals surface area contributed by atoms with E-state index in [9.17, 15) is 0 Å². The van der Waals surface area contributed by atoms with E-state index in [0.717, 1.165) is 5.75 Å². The average molecular weight is 177 g/mol. The largest absolute Gasteiger partial charge is 0.457 e. The molecule has 0 unspecified atom stereocenters. The van der Waals surface area contributed by atoms with E-state index in [0.29, 0.717) is 11.1 Å². The Balaban J connectivity index is 2.20. The first-order chi connectivity index (χ1) is 6.36. The van der Waals surface area contributed by atoms with Crippen LogP contribution in [0.3, 0.4) is 0 Å². The Hall–Kier alpha value is -1.28. The summed E-state index contributed by atoms with van der Waals surface area (Å²) in [5.41, 5.74) is 0. The standard InChI is InChI=1S/C10H8OS/c1-2-4-9(5-3-1)11-10-6-7-12-8-10/h1-8H/i8D. The highest BCUT2D eigenvalue weighted by molar-refractivity contribution is 7.08. The van der Waals surface area contributed by atoms with E-state index < -0.39 is 0 Å². The third kappa shape index (κ3) is 1.66. The van der Waals surface area contributed by atoms with Gasteiger partial charge in [-0.2, -0.15) is 0 Å². The number of thiophene rings is 1. The van der Waals surface area contributed by atoms with Crippen LogP contribution in [0.25, 0.3) is 0 Å². The van der Waals surface area contributed by atoms with Gasteiger partial charge in [0.25, 0.3) is 0 Å². The number of para-hydroxylation sites is 1. The number of rotatable bonds is 2. The summed E-state index contributed by atoms with van der Waals surface area (Å²) in [4.78, 5) is 0. The zero-order chi connectivity index (χ0) is 9.10. The van der Waals surface area contributed by atoms with E-state index in [1.807, 2.05) is 35.7 Å². The molecule has 0 aliphatic carbocycles. The molecule has 0 bridgehead atoms. The number of benzene rings is 1. The number of hydrogen-bond acceptors (Lipinski definition) is 2. The quantitative estimate of drug-likeness (QED) is 0.681. The average Bonchev–Trinajstić information content (AvgIpc) is 2.54. The van der Waals surface area contributed by atoms with Crippen LogP contribution < -0.4 is 4.74 Å². The molecular weight excluding hydrogens is 168 g/mol. The lowest BCUT2D eigenvalue weighted by Gasteiger charge is -2.00. The van der Waals surface area contributed by atoms with Crippen molar-refractivity contribution in [1.82, 2.24) is 0 Å². The molecule has 0 fully saturated rings. The first kappa shape index (κ1) is 6.26. The molecule has 2 heteroatoms. The lowest BCUT2D eigenvalue weighted by Crippen LogP contribution is -1.78. The third-order valence-electron chi connectivity index (χ3n) is 1.42. The summed E-state index contributed by atoms with van der Waals surface area (Å²) < 4.78 is 13.0. The molecule has 12 heavy (non-hydrogen) atoms. The predicted molar refractivity (Wildman–Crippen MR) is 50.8 cm³/mol. The van der Waals surface area contributed by atoms with Gasteiger partial charge in [-0.1, -0.05) is 18.2 Å². The van der Waals surface area contributed by atoms with Crippen LogP contribution in [0, 0.1) is 0 Å². The van der Waals surface area contributed by atoms with Crippen LogP contribution in [0.15, 0.2) is 47.1 Å². The van der Waals surface area contributed by atoms with Gasteiger partial charge in [-0.15, -0.1) is 11.3 Å². The lowest BCUT2D eigenvalue weighted by molar-refractivity contribution is 0.485. The summed E-state index contributed by atoms with van der Waals surface area (Å²) in [6, 6.07) is 11.3. The van der Waals surface area contributed by atoms with Crippen LogP contribution in [0.2, 0.25) is 0 Å². The highest BCUT2D eigenvalue weighted by atomic mass is 32.1. The summed E-state index contributed by atoms with van der Waals surface area (Å²) in [7, 11) is 0. The van der Waals surface area contributed by atoms with Crippen LogP contribution in [-0.4, -0.2) is 0 Å². The Kier molecular flexibility index (Phi) is 1.78. The van der Waals surface area contributed by atoms with Crippen LogP contribution in [-0.2, 0) is 0 Å². The molecule has 0 saturated carbocycles. The van der Waals surface area contributed by atoms with Crippen LogP contribution in [0.1, 0.15) is 1.37 Å². The smallest absolute Gasteiger partial charge is 0.138 e. The number of hydrogen-bond donors (Lipinski definition) is 0. The van der Waals surface area contributed by atoms with E-state index in [4.69, 9.17) is 6.11 Å². The second kappa shape index (κ2) is 3.41. The molecule has 2 aromatic rings. The van der Waals surface area contributed by atoms with E-state index >= 15 is 0 Å². The third-order valence-corrected chi connectivity index (χ3v) is 2.01. The monoisotopic (exact) mass is 177 g/mol. The van der Waals surface area contributed by atoms with Crippen molar-refractivity contribution >= 4 is 11.3 Å². The van der Waals surface area contributed by atoms with E-state index in [1.54, 1.807) is 6.07 Å². The van der Waals surface area contributed by atoms with Crippen LogP contribution in [0.5, 0.6) is 11.5 Å². The van der Waals surface area contributed by atoms with Gasteiger partial charge < -0.3 is 4.74 Å². The van der Waals surface area contributed by atoms with Crippen molar-refractivity contribution in [1.29, 1.82) is 0 Å². The zero-order valence-corrected chi connectivity index (χ0v) is 7.17. The van der Waals surface area contributed by atoms with Crippen molar-refractivity contribution in [2.75, 3.05) is 0 Å². The summed E-state index contributed by atoms with van der Waals surface area (Å²) in [5, 5.41) is 2.31. The molecule has 1 aromatic carbocycles. The van der Waals surface area contributed by atoms with E-state index in [2.05, 4.69) is 0 Å². The summed E-state index contributed by atoms with van der Waals surface area (Å²) in [6.07, 6.45) is 0. The second-order valence-corrected chi connectivity index (χ2v) is 3.01. The minimum absolute atomic E-state index is 0.462. The van der Waals surface area contributed by atoms with Gasteiger partial charge in [0.15, 0.2) is 0 Å². The maximum absolute atomic E-state index is 7.49. The fourth-order valence-corrected chi connectivity index (χ4v) is 1.38. The molecule has 0 aliphatic heterocycles. The van der Waals surface area contributed by atoms with Gasteiger partial charge in [-0.25, -0.2) is 0 Å². The van der Waals surface area contributed by atoms with Crippen LogP contribution in [0.4, 0.5) is 0 Å². The molecular formula is C10H8OS. The lowest BCUT2D eigenvalue weighted by atomic mass is 10.3. The molecule has 1 aromatic heterocycles. The van der Waals surface area contributed by atoms with Gasteiger partial charge in [0.1, 0.15) is 11.5 Å². The van der Waals surface area contributed by atoms with Gasteiger partial charge in [0.05, 0.1) is 1.37 Å². The molecule has 0 aliphatic rings. The maximum Gasteiger partial charge on any atom is 0.138 e. The van der Waals surface area contributed by atoms with Gasteiger partial charge in [0, 0.05) is 5.36 Å². The zero-order valence-electron chi connectivity index (χ0n) is 7.36. The van der Waals surface area contributed by atoms with Gasteiger partial charge >= 0.3 is 0 Å². The fourth-order valence-electron chi connectivity index (χ4n) is 0.892. The predicted octanol–water partition coefficient (Wildman–Crippen LogP) is 3.54. The van der Waals surface area contributed by atoms with Crippen molar-refractivity contribution in [3.63, 3.8) is 0 Å². The van der Waals surface area contributed by atoms with Gasteiger partial charge in [0.2, 0.25) is 0 Å². The van der Waals surface area contributed by atoms with Crippen molar-refractivity contribution in [2.45, 2.75) is 0 Å². The molecule has 0 radical (unpaired) electrons. The minimum atomic E-state index is 0.462. The minimum Gasteiger partial charge on any atom is -0.457 e. The normalized spacial score (nSPS) is 10.8. The molecule has 0 spiro atoms. The Morgan fingerprint density at radius 3 is 2.58 bits per heavy atom. The van der Waals surface area contributed by atoms with Crippen molar-refractivity contribution in [2.24, 2.45) is 0 Å². The Labute approximate surface area is 76.6 Å². The molecule has 60 valence electrons. The highest BCUT2D eigenvalue weighted by Gasteiger charge is 1.93. The maximum atomic E-state index is 7.49. The molecule has 1 nitrogen and oxygen atoms in total. The SMILES string of the molecule is [2H]c1sccc1Oc1ccccc1. The number of ether oxygens (including phenoxy) is 1. The molecule has 0 amide bonds. The summed E-state index contributed by atoms with van der Waals surface area (Å²) in [6.45, 7) is 0. The van der Waals surface area contributed by atoms with Crippen molar-refractivity contribution in [3.05, 3.63) is 47.1 Å². The Morgan fingerprint density at radius 2 is 1.92 bits per heavy atom. The molecule has 0 atom stereocenters. The fraction of sp³-hybridized carbons (Fsp3) is 0. The molecule has 0 N–H and O–H groups in total. The molecule has 2 rings (SSSR count). The van der Waals surface area contributed by atoms with Crippen molar-refractivity contribution < 1.29 is 6.11 Å². The first-order valence-electron chi connectivity index (χ1n) is 4.13. The van der Waals surface area contributed by atoms with Gasteiger partial charge in [-0.05, 0) is 23.6 Å². The van der Waals surface area contributed by atoms with Crippen LogP contribution >= 0.6 is 11.3 Å². The van der Waals surface area contributed by atoms with E-state index in [-0.39, 0.29) is 0 Å². The Bertz CT molecular complexity index is 383. The van der Waals surface area contributed by atoms with Crippen molar-refractivity contribution in [3.8, 4) is 11.5 Å². The first-order valence-corrected chi connectivity index (χ1v) is 4.51. The summed E-state index contributed by atoms with van der Waals surface area (Å²) >= 11 is 1.37.